The van der Waals surface area contributed by atoms with Gasteiger partial charge < -0.3 is 19.3 Å². The molecule has 0 fully saturated rings. The van der Waals surface area contributed by atoms with Gasteiger partial charge in [0.15, 0.2) is 0 Å². The lowest BCUT2D eigenvalue weighted by atomic mass is 10.3. The molecule has 0 saturated carbocycles. The van der Waals surface area contributed by atoms with Crippen LogP contribution in [0.15, 0.2) is 0 Å². The number of phosphoric ester groups is 1. The number of rotatable bonds is 10. The van der Waals surface area contributed by atoms with Crippen molar-refractivity contribution in [2.45, 2.75) is 32.8 Å². The van der Waals surface area contributed by atoms with E-state index in [1.807, 2.05) is 13.8 Å². The minimum absolute atomic E-state index is 0.114. The molecule has 0 amide bonds. The number of ether oxygens (including phenoxy) is 2. The van der Waals surface area contributed by atoms with Gasteiger partial charge in [0.25, 0.3) is 0 Å². The van der Waals surface area contributed by atoms with Gasteiger partial charge in [0.1, 0.15) is 0 Å². The Morgan fingerprint density at radius 3 is 2.44 bits per heavy atom. The highest BCUT2D eigenvalue weighted by atomic mass is 31.2. The van der Waals surface area contributed by atoms with Crippen LogP contribution >= 0.6 is 7.82 Å². The molecule has 0 aromatic heterocycles. The third-order valence-corrected chi connectivity index (χ3v) is 2.26. The Labute approximate surface area is 96.1 Å². The molecular formula is C9H21O6P. The van der Waals surface area contributed by atoms with E-state index in [9.17, 15) is 4.57 Å². The van der Waals surface area contributed by atoms with E-state index in [4.69, 9.17) is 19.3 Å². The predicted octanol–water partition coefficient (Wildman–Crippen LogP) is 1.32. The Balaban J connectivity index is 3.85. The molecule has 0 aliphatic heterocycles. The van der Waals surface area contributed by atoms with Crippen LogP contribution in [0.1, 0.15) is 26.7 Å². The first-order valence-electron chi connectivity index (χ1n) is 5.39. The molecule has 0 aromatic carbocycles. The van der Waals surface area contributed by atoms with Gasteiger partial charge >= 0.3 is 7.82 Å². The van der Waals surface area contributed by atoms with Crippen molar-refractivity contribution in [3.8, 4) is 0 Å². The maximum atomic E-state index is 10.5. The lowest BCUT2D eigenvalue weighted by Crippen LogP contribution is -2.22. The summed E-state index contributed by atoms with van der Waals surface area (Å²) in [6.07, 6.45) is 1.08. The van der Waals surface area contributed by atoms with Crippen LogP contribution in [-0.4, -0.2) is 42.3 Å². The van der Waals surface area contributed by atoms with Gasteiger partial charge in [-0.05, 0) is 19.8 Å². The Morgan fingerprint density at radius 1 is 1.25 bits per heavy atom. The monoisotopic (exact) mass is 256 g/mol. The van der Waals surface area contributed by atoms with Gasteiger partial charge in [-0.15, -0.1) is 0 Å². The molecule has 1 atom stereocenters. The number of phosphoric acid groups is 1. The highest BCUT2D eigenvalue weighted by Gasteiger charge is 2.18. The molecule has 6 nitrogen and oxygen atoms in total. The summed E-state index contributed by atoms with van der Waals surface area (Å²) >= 11 is 0. The predicted molar refractivity (Wildman–Crippen MR) is 59.1 cm³/mol. The zero-order chi connectivity index (χ0) is 12.4. The average Bonchev–Trinajstić information content (AvgIpc) is 2.20. The summed E-state index contributed by atoms with van der Waals surface area (Å²) in [7, 11) is -4.41. The van der Waals surface area contributed by atoms with Crippen LogP contribution in [0.5, 0.6) is 0 Å². The molecule has 0 aliphatic rings. The van der Waals surface area contributed by atoms with Crippen molar-refractivity contribution < 1.29 is 28.3 Å². The van der Waals surface area contributed by atoms with Gasteiger partial charge in [0, 0.05) is 19.8 Å². The third-order valence-electron chi connectivity index (χ3n) is 1.77. The second-order valence-electron chi connectivity index (χ2n) is 3.26. The van der Waals surface area contributed by atoms with Crippen LogP contribution in [0.25, 0.3) is 0 Å². The molecule has 98 valence electrons. The van der Waals surface area contributed by atoms with E-state index in [-0.39, 0.29) is 12.7 Å². The number of hydrogen-bond donors (Lipinski definition) is 2. The minimum Gasteiger partial charge on any atom is -0.382 e. The highest BCUT2D eigenvalue weighted by molar-refractivity contribution is 7.46. The van der Waals surface area contributed by atoms with Crippen LogP contribution < -0.4 is 0 Å². The second-order valence-corrected chi connectivity index (χ2v) is 4.50. The summed E-state index contributed by atoms with van der Waals surface area (Å²) in [6.45, 7) is 5.38. The first-order chi connectivity index (χ1) is 7.49. The van der Waals surface area contributed by atoms with Crippen molar-refractivity contribution in [3.05, 3.63) is 0 Å². The van der Waals surface area contributed by atoms with Gasteiger partial charge in [-0.1, -0.05) is 6.92 Å². The van der Waals surface area contributed by atoms with Crippen LogP contribution in [0.4, 0.5) is 0 Å². The molecule has 0 radical (unpaired) electrons. The Bertz CT molecular complexity index is 204. The van der Waals surface area contributed by atoms with Gasteiger partial charge in [0.2, 0.25) is 0 Å². The molecule has 1 unspecified atom stereocenters. The summed E-state index contributed by atoms with van der Waals surface area (Å²) in [6, 6.07) is 0. The first kappa shape index (κ1) is 16.0. The zero-order valence-electron chi connectivity index (χ0n) is 9.79. The fourth-order valence-corrected chi connectivity index (χ4v) is 1.40. The lowest BCUT2D eigenvalue weighted by molar-refractivity contribution is -0.00862. The van der Waals surface area contributed by atoms with E-state index in [0.29, 0.717) is 26.2 Å². The second kappa shape index (κ2) is 9.10. The van der Waals surface area contributed by atoms with Crippen LogP contribution in [-0.2, 0) is 18.6 Å². The summed E-state index contributed by atoms with van der Waals surface area (Å²) in [5, 5.41) is 0. The maximum Gasteiger partial charge on any atom is 0.469 e. The Hall–Kier alpha value is 0.0300. The smallest absolute Gasteiger partial charge is 0.382 e. The molecule has 0 saturated heterocycles. The van der Waals surface area contributed by atoms with E-state index in [1.165, 1.54) is 0 Å². The maximum absolute atomic E-state index is 10.5. The van der Waals surface area contributed by atoms with Gasteiger partial charge in [0.05, 0.1) is 12.7 Å². The molecule has 2 N–H and O–H groups in total. The van der Waals surface area contributed by atoms with Gasteiger partial charge in [-0.25, -0.2) is 4.57 Å². The zero-order valence-corrected chi connectivity index (χ0v) is 10.7. The van der Waals surface area contributed by atoms with Gasteiger partial charge in [-0.3, -0.25) is 4.52 Å². The third kappa shape index (κ3) is 10.5. The van der Waals surface area contributed by atoms with Crippen molar-refractivity contribution in [1.82, 2.24) is 0 Å². The molecule has 0 rings (SSSR count). The van der Waals surface area contributed by atoms with Gasteiger partial charge in [-0.2, -0.15) is 0 Å². The first-order valence-corrected chi connectivity index (χ1v) is 6.92. The Morgan fingerprint density at radius 2 is 1.94 bits per heavy atom. The molecule has 16 heavy (non-hydrogen) atoms. The molecule has 0 bridgehead atoms. The molecule has 0 aliphatic carbocycles. The van der Waals surface area contributed by atoms with Crippen molar-refractivity contribution in [2.75, 3.05) is 26.4 Å². The molecule has 0 heterocycles. The standard InChI is InChI=1S/C9H21O6P/c1-3-6-14-9(5-7-13-4-2)8-15-16(10,11)12/h9H,3-8H2,1-2H3,(H2,10,11,12). The van der Waals surface area contributed by atoms with E-state index in [1.54, 1.807) is 0 Å². The van der Waals surface area contributed by atoms with Crippen LogP contribution in [0.2, 0.25) is 0 Å². The summed E-state index contributed by atoms with van der Waals surface area (Å²) in [5.74, 6) is 0. The minimum atomic E-state index is -4.41. The molecule has 0 aromatic rings. The summed E-state index contributed by atoms with van der Waals surface area (Å²) in [5.41, 5.74) is 0. The molecular weight excluding hydrogens is 235 g/mol. The quantitative estimate of drug-likeness (QED) is 0.453. The SMILES string of the molecule is CCCOC(CCOCC)COP(=O)(O)O. The summed E-state index contributed by atoms with van der Waals surface area (Å²) in [4.78, 5) is 17.1. The van der Waals surface area contributed by atoms with Crippen LogP contribution in [0.3, 0.4) is 0 Å². The highest BCUT2D eigenvalue weighted by Crippen LogP contribution is 2.36. The van der Waals surface area contributed by atoms with Crippen molar-refractivity contribution in [2.24, 2.45) is 0 Å². The lowest BCUT2D eigenvalue weighted by Gasteiger charge is -2.17. The number of hydrogen-bond acceptors (Lipinski definition) is 4. The largest absolute Gasteiger partial charge is 0.469 e. The van der Waals surface area contributed by atoms with E-state index in [2.05, 4.69) is 4.52 Å². The average molecular weight is 256 g/mol. The van der Waals surface area contributed by atoms with E-state index >= 15 is 0 Å². The normalized spacial score (nSPS) is 14.0. The molecule has 7 heteroatoms. The fourth-order valence-electron chi connectivity index (χ4n) is 1.04. The van der Waals surface area contributed by atoms with Crippen LogP contribution in [0, 0.1) is 0 Å². The molecule has 0 spiro atoms. The van der Waals surface area contributed by atoms with E-state index in [0.717, 1.165) is 6.42 Å². The van der Waals surface area contributed by atoms with Crippen molar-refractivity contribution >= 4 is 7.82 Å². The van der Waals surface area contributed by atoms with Crippen molar-refractivity contribution in [3.63, 3.8) is 0 Å². The van der Waals surface area contributed by atoms with E-state index < -0.39 is 7.82 Å². The van der Waals surface area contributed by atoms with Crippen molar-refractivity contribution in [1.29, 1.82) is 0 Å². The Kier molecular flexibility index (Phi) is 9.12. The summed E-state index contributed by atoms with van der Waals surface area (Å²) < 4.78 is 25.5. The topological polar surface area (TPSA) is 85.2 Å². The fraction of sp³-hybridized carbons (Fsp3) is 1.00.